The smallest absolute Gasteiger partial charge is 0.229 e. The zero-order valence-electron chi connectivity index (χ0n) is 16.7. The van der Waals surface area contributed by atoms with E-state index in [9.17, 15) is 22.0 Å². The van der Waals surface area contributed by atoms with Gasteiger partial charge in [0.15, 0.2) is 0 Å². The summed E-state index contributed by atoms with van der Waals surface area (Å²) in [5.41, 5.74) is 0.974. The average molecular weight is 438 g/mol. The molecule has 1 aliphatic heterocycles. The van der Waals surface area contributed by atoms with Crippen molar-refractivity contribution in [3.8, 4) is 0 Å². The molecule has 162 valence electrons. The number of carbonyl (C=O) groups is 1. The van der Waals surface area contributed by atoms with Crippen LogP contribution < -0.4 is 10.0 Å². The Labute approximate surface area is 175 Å². The maximum absolute atomic E-state index is 13.9. The summed E-state index contributed by atoms with van der Waals surface area (Å²) in [4.78, 5) is 14.5. The topological polar surface area (TPSA) is 78.5 Å². The first-order valence-electron chi connectivity index (χ1n) is 9.71. The highest BCUT2D eigenvalue weighted by molar-refractivity contribution is 7.92. The fraction of sp³-hybridized carbons (Fsp3) is 0.381. The molecule has 0 aromatic heterocycles. The molecule has 1 saturated heterocycles. The van der Waals surface area contributed by atoms with Crippen LogP contribution in [-0.2, 0) is 27.8 Å². The molecule has 1 atom stereocenters. The van der Waals surface area contributed by atoms with Gasteiger partial charge in [-0.05, 0) is 43.1 Å². The molecule has 9 heteroatoms. The van der Waals surface area contributed by atoms with Crippen LogP contribution in [0.4, 0.5) is 14.5 Å². The molecule has 0 aliphatic carbocycles. The van der Waals surface area contributed by atoms with Crippen LogP contribution in [0.25, 0.3) is 0 Å². The van der Waals surface area contributed by atoms with Crippen LogP contribution in [0.2, 0.25) is 0 Å². The number of benzene rings is 2. The second-order valence-electron chi connectivity index (χ2n) is 7.55. The van der Waals surface area contributed by atoms with Crippen molar-refractivity contribution in [3.05, 3.63) is 65.2 Å². The van der Waals surface area contributed by atoms with E-state index in [1.807, 2.05) is 4.90 Å². The maximum Gasteiger partial charge on any atom is 0.229 e. The van der Waals surface area contributed by atoms with Gasteiger partial charge in [0, 0.05) is 24.7 Å². The molecule has 1 fully saturated rings. The summed E-state index contributed by atoms with van der Waals surface area (Å²) in [7, 11) is -3.46. The molecule has 2 N–H and O–H groups in total. The van der Waals surface area contributed by atoms with Gasteiger partial charge in [-0.2, -0.15) is 0 Å². The first-order chi connectivity index (χ1) is 14.2. The Bertz CT molecular complexity index is 994. The number of hydrogen-bond donors (Lipinski definition) is 2. The van der Waals surface area contributed by atoms with E-state index in [-0.39, 0.29) is 30.5 Å². The number of halogens is 2. The SMILES string of the molecule is CS(=O)(=O)Nc1ccccc1CC(=O)NC1CCCN(Cc2c(F)cccc2F)C1. The summed E-state index contributed by atoms with van der Waals surface area (Å²) in [6.45, 7) is 1.33. The first kappa shape index (κ1) is 22.2. The summed E-state index contributed by atoms with van der Waals surface area (Å²) in [5, 5.41) is 2.96. The van der Waals surface area contributed by atoms with E-state index in [0.29, 0.717) is 24.3 Å². The number of carbonyl (C=O) groups excluding carboxylic acids is 1. The van der Waals surface area contributed by atoms with Gasteiger partial charge in [0.25, 0.3) is 0 Å². The van der Waals surface area contributed by atoms with Crippen molar-refractivity contribution >= 4 is 21.6 Å². The average Bonchev–Trinajstić information content (AvgIpc) is 2.65. The van der Waals surface area contributed by atoms with E-state index < -0.39 is 21.7 Å². The second kappa shape index (κ2) is 9.53. The molecule has 1 heterocycles. The van der Waals surface area contributed by atoms with Gasteiger partial charge in [0.2, 0.25) is 15.9 Å². The molecule has 0 spiro atoms. The molecule has 0 saturated carbocycles. The van der Waals surface area contributed by atoms with Gasteiger partial charge in [-0.25, -0.2) is 17.2 Å². The number of nitrogens with one attached hydrogen (secondary N) is 2. The zero-order valence-corrected chi connectivity index (χ0v) is 17.5. The Kier molecular flexibility index (Phi) is 7.04. The molecule has 30 heavy (non-hydrogen) atoms. The van der Waals surface area contributed by atoms with E-state index in [2.05, 4.69) is 10.0 Å². The summed E-state index contributed by atoms with van der Waals surface area (Å²) in [5.74, 6) is -1.38. The Morgan fingerprint density at radius 3 is 2.53 bits per heavy atom. The van der Waals surface area contributed by atoms with Crippen LogP contribution in [-0.4, -0.2) is 44.6 Å². The fourth-order valence-corrected chi connectivity index (χ4v) is 4.25. The molecule has 0 radical (unpaired) electrons. The minimum Gasteiger partial charge on any atom is -0.352 e. The highest BCUT2D eigenvalue weighted by Crippen LogP contribution is 2.20. The summed E-state index contributed by atoms with van der Waals surface area (Å²) < 4.78 is 53.3. The molecule has 1 aliphatic rings. The Balaban J connectivity index is 1.60. The van der Waals surface area contributed by atoms with Crippen LogP contribution in [0.15, 0.2) is 42.5 Å². The third-order valence-electron chi connectivity index (χ3n) is 4.98. The fourth-order valence-electron chi connectivity index (χ4n) is 3.65. The normalized spacial score (nSPS) is 17.5. The molecule has 3 rings (SSSR count). The standard InChI is InChI=1S/C21H25F2N3O3S/c1-30(28,29)25-20-10-3-2-6-15(20)12-21(27)24-16-7-5-11-26(13-16)14-17-18(22)8-4-9-19(17)23/h2-4,6,8-10,16,25H,5,7,11-14H2,1H3,(H,24,27). The third-order valence-corrected chi connectivity index (χ3v) is 5.57. The lowest BCUT2D eigenvalue weighted by atomic mass is 10.0. The van der Waals surface area contributed by atoms with Crippen molar-refractivity contribution in [2.24, 2.45) is 0 Å². The van der Waals surface area contributed by atoms with Crippen LogP contribution >= 0.6 is 0 Å². The molecule has 2 aromatic rings. The predicted molar refractivity (Wildman–Crippen MR) is 111 cm³/mol. The first-order valence-corrected chi connectivity index (χ1v) is 11.6. The molecule has 0 bridgehead atoms. The Morgan fingerprint density at radius 2 is 1.83 bits per heavy atom. The lowest BCUT2D eigenvalue weighted by Gasteiger charge is -2.33. The predicted octanol–water partition coefficient (Wildman–Crippen LogP) is 2.66. The van der Waals surface area contributed by atoms with Crippen LogP contribution in [0.3, 0.4) is 0 Å². The number of anilines is 1. The number of nitrogens with zero attached hydrogens (tertiary/aromatic N) is 1. The number of piperidine rings is 1. The Morgan fingerprint density at radius 1 is 1.13 bits per heavy atom. The van der Waals surface area contributed by atoms with E-state index in [0.717, 1.165) is 19.1 Å². The minimum absolute atomic E-state index is 0.0249. The monoisotopic (exact) mass is 437 g/mol. The minimum atomic E-state index is -3.46. The zero-order chi connectivity index (χ0) is 21.7. The lowest BCUT2D eigenvalue weighted by Crippen LogP contribution is -2.47. The van der Waals surface area contributed by atoms with Gasteiger partial charge >= 0.3 is 0 Å². The van der Waals surface area contributed by atoms with E-state index in [1.54, 1.807) is 24.3 Å². The van der Waals surface area contributed by atoms with Crippen molar-refractivity contribution in [3.63, 3.8) is 0 Å². The summed E-state index contributed by atoms with van der Waals surface area (Å²) in [6.07, 6.45) is 2.65. The quantitative estimate of drug-likeness (QED) is 0.698. The van der Waals surface area contributed by atoms with E-state index >= 15 is 0 Å². The molecular weight excluding hydrogens is 412 g/mol. The van der Waals surface area contributed by atoms with E-state index in [1.165, 1.54) is 18.2 Å². The van der Waals surface area contributed by atoms with Gasteiger partial charge in [-0.1, -0.05) is 24.3 Å². The second-order valence-corrected chi connectivity index (χ2v) is 9.30. The van der Waals surface area contributed by atoms with Crippen molar-refractivity contribution in [1.82, 2.24) is 10.2 Å². The van der Waals surface area contributed by atoms with Crippen molar-refractivity contribution in [1.29, 1.82) is 0 Å². The van der Waals surface area contributed by atoms with E-state index in [4.69, 9.17) is 0 Å². The van der Waals surface area contributed by atoms with Crippen molar-refractivity contribution in [2.75, 3.05) is 24.1 Å². The third kappa shape index (κ3) is 6.24. The van der Waals surface area contributed by atoms with Gasteiger partial charge in [-0.15, -0.1) is 0 Å². The van der Waals surface area contributed by atoms with Crippen molar-refractivity contribution in [2.45, 2.75) is 31.8 Å². The number of rotatable bonds is 7. The van der Waals surface area contributed by atoms with Crippen LogP contribution in [0.5, 0.6) is 0 Å². The highest BCUT2D eigenvalue weighted by Gasteiger charge is 2.23. The van der Waals surface area contributed by atoms with Gasteiger partial charge in [-0.3, -0.25) is 14.4 Å². The largest absolute Gasteiger partial charge is 0.352 e. The number of sulfonamides is 1. The highest BCUT2D eigenvalue weighted by atomic mass is 32.2. The molecule has 6 nitrogen and oxygen atoms in total. The number of amides is 1. The molecule has 2 aromatic carbocycles. The number of hydrogen-bond acceptors (Lipinski definition) is 4. The Hall–Kier alpha value is -2.52. The number of para-hydroxylation sites is 1. The van der Waals surface area contributed by atoms with Gasteiger partial charge in [0.05, 0.1) is 18.4 Å². The van der Waals surface area contributed by atoms with Gasteiger partial charge in [0.1, 0.15) is 11.6 Å². The summed E-state index contributed by atoms with van der Waals surface area (Å²) in [6, 6.07) is 10.4. The molecule has 1 unspecified atom stereocenters. The van der Waals surface area contributed by atoms with Gasteiger partial charge < -0.3 is 5.32 Å². The molecular formula is C21H25F2N3O3S. The molecule has 1 amide bonds. The van der Waals surface area contributed by atoms with Crippen molar-refractivity contribution < 1.29 is 22.0 Å². The summed E-state index contributed by atoms with van der Waals surface area (Å²) >= 11 is 0. The van der Waals surface area contributed by atoms with Crippen LogP contribution in [0, 0.1) is 11.6 Å². The lowest BCUT2D eigenvalue weighted by molar-refractivity contribution is -0.121. The number of likely N-dealkylation sites (tertiary alicyclic amines) is 1. The maximum atomic E-state index is 13.9. The van der Waals surface area contributed by atoms with Crippen LogP contribution in [0.1, 0.15) is 24.0 Å².